The number of rotatable bonds is 14. The van der Waals surface area contributed by atoms with E-state index < -0.39 is 96.4 Å². The van der Waals surface area contributed by atoms with Crippen molar-refractivity contribution in [2.24, 2.45) is 0 Å². The molecule has 9 aliphatic rings. The van der Waals surface area contributed by atoms with Gasteiger partial charge in [0.25, 0.3) is 36.0 Å². The lowest BCUT2D eigenvalue weighted by molar-refractivity contribution is -0.126. The van der Waals surface area contributed by atoms with Crippen molar-refractivity contribution in [2.45, 2.75) is 158 Å². The van der Waals surface area contributed by atoms with E-state index in [2.05, 4.69) is 24.4 Å². The second-order valence-corrected chi connectivity index (χ2v) is 35.5. The SMILES string of the molecule is CN1CCC(NC(=O)c2cc(NS(=O)(=O)c3ccc(Cl)cc3F)cc3c2CC(=O)C32CCC2)CC1.COC(=O)c1cc(N)cc2c1CC(=O)C21CCC1.COC(=O)c1cc(NS(=O)(=O)c2ccc(Cl)cc2F)cc2c1CC(=O)C21CCC1.O=C(O)c1cc(NS(=O)(=O)c2ccc(Cl)cc2F)cc2c1CC(=O)C21CCC1. The summed E-state index contributed by atoms with van der Waals surface area (Å²) in [6.45, 7) is 1.74. The standard InChI is InChI=1S/C25H27ClFN3O4S.C20H17ClFNO5S.C19H15ClFNO5S.C14H15NO3/c1-30-9-5-16(6-10-30)28-24(32)19-12-17(13-20-18(19)14-23(31)25(20)7-2-8-25)29-35(33,34)22-4-3-15(26)11-21(22)27;1-28-19(25)14-8-12(9-15-13(14)10-18(24)20(15)5-2-6-20)23-29(26,27)17-4-3-11(21)7-16(17)22;20-10-2-3-16(15(21)6-10)28(26,27)22-11-7-13(18(24)25)12-9-17(23)19(4-1-5-19)14(12)8-11;1-18-13(17)10-5-8(15)6-11-9(10)7-12(16)14(11)3-2-4-14/h3-4,11-13,16,29H,2,5-10,14H2,1H3,(H,28,32);3-4,7-9,23H,2,5-6,10H2,1H3;2-3,6-8,22H,1,4-5,9H2,(H,24,25);5-6H,2-4,7,15H2,1H3. The number of benzene rings is 7. The molecule has 4 saturated carbocycles. The summed E-state index contributed by atoms with van der Waals surface area (Å²) in [5.41, 5.74) is 10.2. The van der Waals surface area contributed by atoms with E-state index in [1.54, 1.807) is 18.2 Å². The summed E-state index contributed by atoms with van der Waals surface area (Å²) in [7, 11) is -8.32. The third-order valence-corrected chi connectivity index (χ3v) is 28.0. The molecule has 0 aromatic heterocycles. The number of hydrogen-bond acceptors (Lipinski definition) is 18. The van der Waals surface area contributed by atoms with Crippen molar-refractivity contribution >= 4 is 135 Å². The maximum Gasteiger partial charge on any atom is 0.338 e. The van der Waals surface area contributed by atoms with Crippen LogP contribution in [0.5, 0.6) is 0 Å². The van der Waals surface area contributed by atoms with E-state index >= 15 is 0 Å². The van der Waals surface area contributed by atoms with Gasteiger partial charge in [-0.2, -0.15) is 0 Å². The van der Waals surface area contributed by atoms with Gasteiger partial charge in [-0.25, -0.2) is 52.8 Å². The summed E-state index contributed by atoms with van der Waals surface area (Å²) >= 11 is 17.1. The average Bonchev–Trinajstić information content (AvgIpc) is 1.58. The van der Waals surface area contributed by atoms with Crippen molar-refractivity contribution in [3.63, 3.8) is 0 Å². The van der Waals surface area contributed by atoms with Gasteiger partial charge in [0.2, 0.25) is 0 Å². The number of esters is 2. The second kappa shape index (κ2) is 29.8. The Morgan fingerprint density at radius 3 is 1.07 bits per heavy atom. The van der Waals surface area contributed by atoms with Gasteiger partial charge in [0.1, 0.15) is 55.3 Å². The molecule has 7 N–H and O–H groups in total. The van der Waals surface area contributed by atoms with Crippen LogP contribution in [0.1, 0.15) is 176 Å². The smallest absolute Gasteiger partial charge is 0.338 e. The van der Waals surface area contributed by atoms with Crippen LogP contribution < -0.4 is 25.2 Å². The summed E-state index contributed by atoms with van der Waals surface area (Å²) in [4.78, 5) is 100.0. The number of nitrogens with two attached hydrogens (primary N) is 1. The number of halogens is 6. The molecule has 7 aromatic rings. The van der Waals surface area contributed by atoms with Gasteiger partial charge in [-0.3, -0.25) is 38.1 Å². The predicted molar refractivity (Wildman–Crippen MR) is 401 cm³/mol. The number of aromatic carboxylic acids is 1. The molecule has 16 rings (SSSR count). The molecule has 578 valence electrons. The number of nitrogens with one attached hydrogen (secondary N) is 4. The number of nitrogens with zero attached hydrogens (tertiary/aromatic N) is 1. The van der Waals surface area contributed by atoms with E-state index in [1.165, 1.54) is 50.6 Å². The van der Waals surface area contributed by atoms with Crippen molar-refractivity contribution < 1.29 is 91.4 Å². The first-order valence-electron chi connectivity index (χ1n) is 35.4. The van der Waals surface area contributed by atoms with Gasteiger partial charge in [0.15, 0.2) is 0 Å². The van der Waals surface area contributed by atoms with E-state index in [9.17, 15) is 81.9 Å². The third-order valence-electron chi connectivity index (χ3n) is 23.0. The molecule has 0 radical (unpaired) electrons. The molecule has 23 nitrogen and oxygen atoms in total. The molecule has 0 unspecified atom stereocenters. The molecule has 4 spiro atoms. The Hall–Kier alpha value is -9.23. The highest BCUT2D eigenvalue weighted by molar-refractivity contribution is 7.93. The van der Waals surface area contributed by atoms with Crippen molar-refractivity contribution in [2.75, 3.05) is 54.3 Å². The first-order chi connectivity index (χ1) is 52.0. The fraction of sp³-hybridized carbons (Fsp3) is 0.359. The van der Waals surface area contributed by atoms with Gasteiger partial charge < -0.3 is 30.5 Å². The minimum Gasteiger partial charge on any atom is -0.478 e. The Bertz CT molecular complexity index is 5490. The quantitative estimate of drug-likeness (QED) is 0.0435. The molecule has 1 aliphatic heterocycles. The summed E-state index contributed by atoms with van der Waals surface area (Å²) < 4.78 is 136. The number of likely N-dealkylation sites (tertiary alicyclic amines) is 1. The second-order valence-electron chi connectivity index (χ2n) is 29.3. The molecule has 1 amide bonds. The van der Waals surface area contributed by atoms with Crippen molar-refractivity contribution in [1.82, 2.24) is 10.2 Å². The number of ketones is 4. The molecule has 0 bridgehead atoms. The number of sulfonamides is 3. The summed E-state index contributed by atoms with van der Waals surface area (Å²) in [5, 5.41) is 12.8. The number of anilines is 4. The zero-order valence-corrected chi connectivity index (χ0v) is 64.2. The monoisotopic (exact) mass is 1620 g/mol. The topological polar surface area (TPSA) is 355 Å². The number of amides is 1. The van der Waals surface area contributed by atoms with Gasteiger partial charge in [-0.1, -0.05) is 60.5 Å². The van der Waals surface area contributed by atoms with Crippen LogP contribution in [0.2, 0.25) is 15.1 Å². The molecule has 32 heteroatoms. The highest BCUT2D eigenvalue weighted by Crippen LogP contribution is 2.56. The molecular formula is C78H74Cl3F3N6O17S3. The van der Waals surface area contributed by atoms with Crippen LogP contribution in [0.25, 0.3) is 0 Å². The molecule has 1 heterocycles. The van der Waals surface area contributed by atoms with Gasteiger partial charge in [-0.15, -0.1) is 0 Å². The first-order valence-corrected chi connectivity index (χ1v) is 41.0. The first kappa shape index (κ1) is 78.9. The Morgan fingerprint density at radius 1 is 0.464 bits per heavy atom. The number of piperidine rings is 1. The number of carbonyl (C=O) groups excluding carboxylic acids is 7. The number of Topliss-reactive ketones (excluding diaryl/α,β-unsaturated/α-hetero) is 4. The minimum absolute atomic E-state index is 0.00706. The molecule has 7 aromatic carbocycles. The van der Waals surface area contributed by atoms with Crippen LogP contribution in [-0.2, 0) is 106 Å². The lowest BCUT2D eigenvalue weighted by Crippen LogP contribution is -2.43. The summed E-state index contributed by atoms with van der Waals surface area (Å²) in [5.74, 6) is -5.37. The van der Waals surface area contributed by atoms with Crippen LogP contribution in [0, 0.1) is 17.5 Å². The molecule has 0 atom stereocenters. The number of fused-ring (bicyclic) bond motifs is 8. The van der Waals surface area contributed by atoms with Gasteiger partial charge in [-0.05, 0) is 232 Å². The number of carbonyl (C=O) groups is 8. The van der Waals surface area contributed by atoms with Crippen LogP contribution in [0.15, 0.2) is 118 Å². The molecule has 8 aliphatic carbocycles. The van der Waals surface area contributed by atoms with Crippen molar-refractivity contribution in [1.29, 1.82) is 0 Å². The normalized spacial score (nSPS) is 18.4. The number of nitrogen functional groups attached to an aromatic ring is 1. The van der Waals surface area contributed by atoms with Crippen LogP contribution in [0.3, 0.4) is 0 Å². The number of carboxylic acid groups (broad SMARTS) is 1. The zero-order chi connectivity index (χ0) is 79.1. The molecule has 5 fully saturated rings. The lowest BCUT2D eigenvalue weighted by Gasteiger charge is -2.38. The third kappa shape index (κ3) is 14.3. The lowest BCUT2D eigenvalue weighted by atomic mass is 9.64. The number of methoxy groups -OCH3 is 2. The average molecular weight is 1630 g/mol. The van der Waals surface area contributed by atoms with E-state index in [4.69, 9.17) is 50.0 Å². The van der Waals surface area contributed by atoms with Gasteiger partial charge in [0, 0.05) is 63.7 Å². The van der Waals surface area contributed by atoms with E-state index in [1.807, 2.05) is 13.1 Å². The maximum atomic E-state index is 14.4. The Balaban J connectivity index is 0.000000132. The van der Waals surface area contributed by atoms with Gasteiger partial charge >= 0.3 is 17.9 Å². The fourth-order valence-electron chi connectivity index (χ4n) is 16.7. The van der Waals surface area contributed by atoms with Gasteiger partial charge in [0.05, 0.1) is 63.9 Å². The van der Waals surface area contributed by atoms with Crippen LogP contribution in [0.4, 0.5) is 35.9 Å². The Kier molecular flexibility index (Phi) is 21.4. The predicted octanol–water partition coefficient (Wildman–Crippen LogP) is 12.4. The maximum absolute atomic E-state index is 14.4. The minimum atomic E-state index is -4.32. The number of carboxylic acids is 1. The van der Waals surface area contributed by atoms with E-state index in [0.717, 1.165) is 118 Å². The largest absolute Gasteiger partial charge is 0.478 e. The van der Waals surface area contributed by atoms with Crippen LogP contribution >= 0.6 is 34.8 Å². The highest BCUT2D eigenvalue weighted by atomic mass is 35.5. The van der Waals surface area contributed by atoms with E-state index in [-0.39, 0.29) is 103 Å². The van der Waals surface area contributed by atoms with Crippen molar-refractivity contribution in [3.05, 3.63) is 202 Å². The zero-order valence-electron chi connectivity index (χ0n) is 59.5. The molecular weight excluding hydrogens is 1550 g/mol. The van der Waals surface area contributed by atoms with E-state index in [0.29, 0.717) is 95.1 Å². The summed E-state index contributed by atoms with van der Waals surface area (Å²) in [6.07, 6.45) is 11.6. The summed E-state index contributed by atoms with van der Waals surface area (Å²) in [6, 6.07) is 21.8. The molecule has 110 heavy (non-hydrogen) atoms. The Morgan fingerprint density at radius 2 is 0.764 bits per heavy atom. The molecule has 1 saturated heterocycles. The number of ether oxygens (including phenoxy) is 2. The number of hydrogen-bond donors (Lipinski definition) is 6. The highest BCUT2D eigenvalue weighted by Gasteiger charge is 2.55. The fourth-order valence-corrected chi connectivity index (χ4v) is 20.5. The van der Waals surface area contributed by atoms with Crippen LogP contribution in [-0.4, -0.2) is 123 Å². The van der Waals surface area contributed by atoms with Crippen molar-refractivity contribution in [3.8, 4) is 0 Å². The Labute approximate surface area is 646 Å².